The fraction of sp³-hybridized carbons (Fsp3) is 0.375. The molecule has 0 bridgehead atoms. The van der Waals surface area contributed by atoms with E-state index >= 15 is 0 Å². The molecule has 1 fully saturated rings. The molecular weight excluding hydrogens is 362 g/mol. The second-order valence-electron chi connectivity index (χ2n) is 5.47. The molecule has 2 heterocycles. The molecule has 1 unspecified atom stereocenters. The molecule has 1 aliphatic rings. The minimum Gasteiger partial charge on any atom is -0.337 e. The first-order valence-corrected chi connectivity index (χ1v) is 9.01. The van der Waals surface area contributed by atoms with E-state index in [0.717, 1.165) is 40.4 Å². The first-order chi connectivity index (χ1) is 10.6. The van der Waals surface area contributed by atoms with E-state index in [2.05, 4.69) is 33.2 Å². The largest absolute Gasteiger partial charge is 0.337 e. The molecule has 116 valence electrons. The highest BCUT2D eigenvalue weighted by molar-refractivity contribution is 9.10. The number of carbonyl (C=O) groups is 1. The lowest BCUT2D eigenvalue weighted by molar-refractivity contribution is -0.133. The Morgan fingerprint density at radius 3 is 3.18 bits per heavy atom. The number of aromatic nitrogens is 1. The average molecular weight is 380 g/mol. The molecule has 2 aromatic rings. The molecule has 1 saturated heterocycles. The zero-order valence-electron chi connectivity index (χ0n) is 12.4. The van der Waals surface area contributed by atoms with Gasteiger partial charge in [-0.25, -0.2) is 4.98 Å². The molecule has 0 spiro atoms. The first-order valence-electron chi connectivity index (χ1n) is 7.34. The van der Waals surface area contributed by atoms with Crippen LogP contribution in [-0.2, 0) is 11.2 Å². The number of nitrogens with zero attached hydrogens (tertiary/aromatic N) is 2. The topological polar surface area (TPSA) is 45.2 Å². The minimum absolute atomic E-state index is 0.167. The first kappa shape index (κ1) is 15.6. The summed E-state index contributed by atoms with van der Waals surface area (Å²) < 4.78 is 1.03. The van der Waals surface area contributed by atoms with Gasteiger partial charge in [0.05, 0.1) is 12.1 Å². The van der Waals surface area contributed by atoms with Crippen LogP contribution in [0.25, 0.3) is 10.6 Å². The highest BCUT2D eigenvalue weighted by Crippen LogP contribution is 2.26. The number of thiazole rings is 1. The van der Waals surface area contributed by atoms with Gasteiger partial charge < -0.3 is 10.2 Å². The molecule has 3 rings (SSSR count). The number of hydrogen-bond acceptors (Lipinski definition) is 4. The van der Waals surface area contributed by atoms with Crippen LogP contribution in [0.5, 0.6) is 0 Å². The van der Waals surface area contributed by atoms with Gasteiger partial charge in [0, 0.05) is 41.1 Å². The predicted molar refractivity (Wildman–Crippen MR) is 93.0 cm³/mol. The summed E-state index contributed by atoms with van der Waals surface area (Å²) in [6.07, 6.45) is 0.384. The molecule has 1 aromatic heterocycles. The molecule has 22 heavy (non-hydrogen) atoms. The number of halogens is 1. The van der Waals surface area contributed by atoms with Crippen LogP contribution < -0.4 is 5.32 Å². The van der Waals surface area contributed by atoms with Crippen molar-refractivity contribution in [1.82, 2.24) is 15.2 Å². The van der Waals surface area contributed by atoms with Crippen LogP contribution in [0, 0.1) is 0 Å². The summed E-state index contributed by atoms with van der Waals surface area (Å²) in [6, 6.07) is 8.32. The zero-order valence-corrected chi connectivity index (χ0v) is 14.8. The maximum atomic E-state index is 12.4. The average Bonchev–Trinajstić information content (AvgIpc) is 2.96. The van der Waals surface area contributed by atoms with E-state index in [9.17, 15) is 4.79 Å². The Morgan fingerprint density at radius 1 is 1.55 bits per heavy atom. The van der Waals surface area contributed by atoms with Gasteiger partial charge in [-0.1, -0.05) is 28.1 Å². The Morgan fingerprint density at radius 2 is 2.41 bits per heavy atom. The Bertz CT molecular complexity index is 673. The summed E-state index contributed by atoms with van der Waals surface area (Å²) >= 11 is 5.06. The van der Waals surface area contributed by atoms with E-state index in [0.29, 0.717) is 6.42 Å². The smallest absolute Gasteiger partial charge is 0.228 e. The summed E-state index contributed by atoms with van der Waals surface area (Å²) in [5.74, 6) is 0.167. The summed E-state index contributed by atoms with van der Waals surface area (Å²) in [5, 5.41) is 6.25. The molecular formula is C16H18BrN3OS. The van der Waals surface area contributed by atoms with E-state index < -0.39 is 0 Å². The predicted octanol–water partition coefficient (Wildman–Crippen LogP) is 2.94. The van der Waals surface area contributed by atoms with Gasteiger partial charge in [0.1, 0.15) is 5.01 Å². The van der Waals surface area contributed by atoms with Crippen LogP contribution in [-0.4, -0.2) is 41.5 Å². The van der Waals surface area contributed by atoms with E-state index in [1.165, 1.54) is 0 Å². The fourth-order valence-corrected chi connectivity index (χ4v) is 3.83. The third kappa shape index (κ3) is 3.56. The number of hydrogen-bond donors (Lipinski definition) is 1. The molecule has 1 aromatic carbocycles. The fourth-order valence-electron chi connectivity index (χ4n) is 2.61. The highest BCUT2D eigenvalue weighted by atomic mass is 79.9. The maximum Gasteiger partial charge on any atom is 0.228 e. The van der Waals surface area contributed by atoms with E-state index in [4.69, 9.17) is 0 Å². The normalized spacial score (nSPS) is 18.5. The van der Waals surface area contributed by atoms with Crippen molar-refractivity contribution in [3.05, 3.63) is 39.8 Å². The molecule has 1 atom stereocenters. The monoisotopic (exact) mass is 379 g/mol. The van der Waals surface area contributed by atoms with Crippen LogP contribution >= 0.6 is 27.3 Å². The summed E-state index contributed by atoms with van der Waals surface area (Å²) in [7, 11) is 0. The number of benzene rings is 1. The van der Waals surface area contributed by atoms with E-state index in [1.807, 2.05) is 34.5 Å². The van der Waals surface area contributed by atoms with E-state index in [-0.39, 0.29) is 11.9 Å². The van der Waals surface area contributed by atoms with Crippen LogP contribution in [0.3, 0.4) is 0 Å². The van der Waals surface area contributed by atoms with Crippen molar-refractivity contribution in [2.45, 2.75) is 19.4 Å². The molecule has 4 nitrogen and oxygen atoms in total. The zero-order chi connectivity index (χ0) is 15.5. The highest BCUT2D eigenvalue weighted by Gasteiger charge is 2.23. The Kier molecular flexibility index (Phi) is 4.90. The number of nitrogens with one attached hydrogen (secondary N) is 1. The van der Waals surface area contributed by atoms with Crippen molar-refractivity contribution in [3.8, 4) is 10.6 Å². The Labute approximate surface area is 142 Å². The third-order valence-corrected chi connectivity index (χ3v) is 5.21. The van der Waals surface area contributed by atoms with Crippen LogP contribution in [0.15, 0.2) is 34.1 Å². The lowest BCUT2D eigenvalue weighted by Gasteiger charge is -2.33. The van der Waals surface area contributed by atoms with Crippen molar-refractivity contribution in [2.24, 2.45) is 0 Å². The van der Waals surface area contributed by atoms with E-state index in [1.54, 1.807) is 11.3 Å². The molecule has 1 amide bonds. The number of carbonyl (C=O) groups excluding carboxylic acids is 1. The molecule has 0 aliphatic carbocycles. The van der Waals surface area contributed by atoms with Crippen molar-refractivity contribution in [1.29, 1.82) is 0 Å². The SMILES string of the molecule is CC1CNCCN1C(=O)Cc1csc(-c2cccc(Br)c2)n1. The third-order valence-electron chi connectivity index (χ3n) is 3.78. The van der Waals surface area contributed by atoms with Crippen molar-refractivity contribution in [3.63, 3.8) is 0 Å². The standard InChI is InChI=1S/C16H18BrN3OS/c1-11-9-18-5-6-20(11)15(21)8-14-10-22-16(19-14)12-3-2-4-13(17)7-12/h2-4,7,10-11,18H,5-6,8-9H2,1H3. The van der Waals surface area contributed by atoms with Crippen LogP contribution in [0.4, 0.5) is 0 Å². The van der Waals surface area contributed by atoms with Crippen LogP contribution in [0.1, 0.15) is 12.6 Å². The van der Waals surface area contributed by atoms with Gasteiger partial charge in [-0.3, -0.25) is 4.79 Å². The van der Waals surface area contributed by atoms with Gasteiger partial charge in [0.15, 0.2) is 0 Å². The molecule has 0 radical (unpaired) electrons. The van der Waals surface area contributed by atoms with Gasteiger partial charge >= 0.3 is 0 Å². The molecule has 0 saturated carbocycles. The Hall–Kier alpha value is -1.24. The molecule has 1 N–H and O–H groups in total. The number of piperazine rings is 1. The lowest BCUT2D eigenvalue weighted by atomic mass is 10.2. The maximum absolute atomic E-state index is 12.4. The summed E-state index contributed by atoms with van der Waals surface area (Å²) in [6.45, 7) is 4.60. The minimum atomic E-state index is 0.167. The number of rotatable bonds is 3. The molecule has 1 aliphatic heterocycles. The van der Waals surface area contributed by atoms with Crippen LogP contribution in [0.2, 0.25) is 0 Å². The van der Waals surface area contributed by atoms with Crippen molar-refractivity contribution >= 4 is 33.2 Å². The second-order valence-corrected chi connectivity index (χ2v) is 7.25. The van der Waals surface area contributed by atoms with Gasteiger partial charge in [-0.15, -0.1) is 11.3 Å². The Balaban J connectivity index is 1.70. The van der Waals surface area contributed by atoms with Gasteiger partial charge in [-0.05, 0) is 19.1 Å². The molecule has 6 heteroatoms. The van der Waals surface area contributed by atoms with Crippen molar-refractivity contribution in [2.75, 3.05) is 19.6 Å². The summed E-state index contributed by atoms with van der Waals surface area (Å²) in [5.41, 5.74) is 1.93. The summed E-state index contributed by atoms with van der Waals surface area (Å²) in [4.78, 5) is 19.0. The van der Waals surface area contributed by atoms with Gasteiger partial charge in [-0.2, -0.15) is 0 Å². The van der Waals surface area contributed by atoms with Gasteiger partial charge in [0.25, 0.3) is 0 Å². The quantitative estimate of drug-likeness (QED) is 0.891. The lowest BCUT2D eigenvalue weighted by Crippen LogP contribution is -2.52. The van der Waals surface area contributed by atoms with Gasteiger partial charge in [0.2, 0.25) is 5.91 Å². The van der Waals surface area contributed by atoms with Crippen molar-refractivity contribution < 1.29 is 4.79 Å². The number of amides is 1. The second kappa shape index (κ2) is 6.89.